The zero-order valence-electron chi connectivity index (χ0n) is 40.7. The third-order valence-corrected chi connectivity index (χ3v) is 9.68. The second-order valence-electron chi connectivity index (χ2n) is 15.7. The van der Waals surface area contributed by atoms with Crippen LogP contribution < -0.4 is 101 Å². The molecule has 0 aromatic heterocycles. The standard InChI is InChI=1S/2C23H41N3O6.2Na/c2*1-2-3-13-16-24-23(32)25-17-14-11-9-7-5-4-6-8-10-12-15-20(27)26-19(22(30)31)18-21(28)29;;/h2*5,7,19H,2-4,6,8-18H2,1H3,(H,26,27)(H,28,29)(H,30,31)(H2,24,25,32);;/q;;2*+1/p-2/b2*7-5-;;. The van der Waals surface area contributed by atoms with Gasteiger partial charge in [-0.3, -0.25) is 14.4 Å². The first-order valence-corrected chi connectivity index (χ1v) is 23.5. The van der Waals surface area contributed by atoms with Crippen molar-refractivity contribution < 1.29 is 118 Å². The van der Waals surface area contributed by atoms with Crippen LogP contribution in [-0.4, -0.2) is 96.2 Å². The number of hydrogen-bond acceptors (Lipinski definition) is 10. The number of carbonyl (C=O) groups is 8. The molecule has 18 nitrogen and oxygen atoms in total. The van der Waals surface area contributed by atoms with Gasteiger partial charge in [0.1, 0.15) is 6.04 Å². The molecular formula is C46H80N6Na2O12. The minimum absolute atomic E-state index is 0. The Bertz CT molecular complexity index is 1270. The van der Waals surface area contributed by atoms with Gasteiger partial charge in [0.05, 0.1) is 18.4 Å². The first-order chi connectivity index (χ1) is 30.7. The third-order valence-electron chi connectivity index (χ3n) is 9.68. The second kappa shape index (κ2) is 51.2. The number of unbranched alkanes of at least 4 members (excludes halogenated alkanes) is 16. The summed E-state index contributed by atoms with van der Waals surface area (Å²) < 4.78 is 0. The molecule has 0 aromatic carbocycles. The summed E-state index contributed by atoms with van der Waals surface area (Å²) in [6.45, 7) is 7.08. The summed E-state index contributed by atoms with van der Waals surface area (Å²) in [5.41, 5.74) is 0. The molecule has 0 aromatic rings. The maximum absolute atomic E-state index is 11.7. The van der Waals surface area contributed by atoms with Crippen molar-refractivity contribution in [3.63, 3.8) is 0 Å². The number of hydrogen-bond donors (Lipinski definition) is 8. The molecule has 0 spiro atoms. The normalized spacial score (nSPS) is 11.4. The summed E-state index contributed by atoms with van der Waals surface area (Å²) in [5.74, 6) is -6.71. The molecule has 0 rings (SSSR count). The Hall–Kier alpha value is -3.16. The molecule has 8 N–H and O–H groups in total. The summed E-state index contributed by atoms with van der Waals surface area (Å²) in [5, 5.41) is 54.6. The van der Waals surface area contributed by atoms with Crippen molar-refractivity contribution in [2.75, 3.05) is 26.2 Å². The molecule has 2 atom stereocenters. The van der Waals surface area contributed by atoms with Gasteiger partial charge in [0.15, 0.2) is 0 Å². The third kappa shape index (κ3) is 51.8. The molecule has 0 aliphatic carbocycles. The van der Waals surface area contributed by atoms with E-state index in [1.807, 2.05) is 0 Å². The van der Waals surface area contributed by atoms with Crippen molar-refractivity contribution >= 4 is 47.8 Å². The van der Waals surface area contributed by atoms with E-state index in [9.17, 15) is 48.6 Å². The number of urea groups is 2. The molecule has 0 heterocycles. The fourth-order valence-corrected chi connectivity index (χ4v) is 6.00. The Labute approximate surface area is 437 Å². The van der Waals surface area contributed by atoms with E-state index in [2.05, 4.69) is 70.1 Å². The van der Waals surface area contributed by atoms with Crippen molar-refractivity contribution in [3.05, 3.63) is 24.3 Å². The van der Waals surface area contributed by atoms with Crippen LogP contribution in [0.5, 0.6) is 0 Å². The second-order valence-corrected chi connectivity index (χ2v) is 15.7. The van der Waals surface area contributed by atoms with E-state index in [-0.39, 0.29) is 84.0 Å². The number of carboxylic acid groups (broad SMARTS) is 4. The van der Waals surface area contributed by atoms with Crippen LogP contribution >= 0.6 is 0 Å². The SMILES string of the molecule is CCCCCNC(=O)NCCCC/C=C\CCCCCCC(=O)NC(CC(=O)O)C(=O)O.CCCCCNC(=O)NCCCC/C=C\CCCCCCC(=O)NC(CC(=O)[O-])C(=O)[O-].[Na+].[Na+]. The van der Waals surface area contributed by atoms with E-state index in [4.69, 9.17) is 10.2 Å². The molecular weight excluding hydrogens is 875 g/mol. The molecule has 0 bridgehead atoms. The van der Waals surface area contributed by atoms with Crippen LogP contribution in [0.1, 0.15) is 181 Å². The number of nitrogens with one attached hydrogen (secondary N) is 6. The molecule has 2 unspecified atom stereocenters. The van der Waals surface area contributed by atoms with Gasteiger partial charge in [-0.05, 0) is 89.9 Å². The van der Waals surface area contributed by atoms with E-state index in [1.54, 1.807) is 0 Å². The van der Waals surface area contributed by atoms with Gasteiger partial charge in [0.25, 0.3) is 0 Å². The van der Waals surface area contributed by atoms with Crippen LogP contribution in [0.2, 0.25) is 0 Å². The van der Waals surface area contributed by atoms with E-state index in [1.165, 1.54) is 0 Å². The summed E-state index contributed by atoms with van der Waals surface area (Å²) in [4.78, 5) is 89.2. The summed E-state index contributed by atoms with van der Waals surface area (Å²) in [6.07, 6.45) is 28.9. The zero-order valence-corrected chi connectivity index (χ0v) is 44.7. The Morgan fingerprint density at radius 1 is 0.455 bits per heavy atom. The molecule has 0 saturated heterocycles. The van der Waals surface area contributed by atoms with Crippen molar-refractivity contribution in [3.8, 4) is 0 Å². The average Bonchev–Trinajstić information content (AvgIpc) is 3.23. The topological polar surface area (TPSA) is 295 Å². The summed E-state index contributed by atoms with van der Waals surface area (Å²) in [7, 11) is 0. The first-order valence-electron chi connectivity index (χ1n) is 23.5. The summed E-state index contributed by atoms with van der Waals surface area (Å²) in [6, 6.07) is -3.11. The molecule has 66 heavy (non-hydrogen) atoms. The van der Waals surface area contributed by atoms with Gasteiger partial charge < -0.3 is 61.9 Å². The fraction of sp³-hybridized carbons (Fsp3) is 0.739. The van der Waals surface area contributed by atoms with Crippen LogP contribution in [0.25, 0.3) is 0 Å². The number of allylic oxidation sites excluding steroid dienone is 4. The summed E-state index contributed by atoms with van der Waals surface area (Å²) >= 11 is 0. The van der Waals surface area contributed by atoms with Gasteiger partial charge in [-0.15, -0.1) is 0 Å². The van der Waals surface area contributed by atoms with Gasteiger partial charge in [0, 0.05) is 51.4 Å². The van der Waals surface area contributed by atoms with E-state index in [0.717, 1.165) is 142 Å². The van der Waals surface area contributed by atoms with Crippen LogP contribution in [0.4, 0.5) is 9.59 Å². The van der Waals surface area contributed by atoms with E-state index >= 15 is 0 Å². The van der Waals surface area contributed by atoms with Gasteiger partial charge in [-0.1, -0.05) is 89.5 Å². The largest absolute Gasteiger partial charge is 1.00 e. The van der Waals surface area contributed by atoms with Crippen molar-refractivity contribution in [2.45, 2.75) is 193 Å². The maximum atomic E-state index is 11.7. The Morgan fingerprint density at radius 3 is 1.11 bits per heavy atom. The molecule has 0 aliphatic rings. The number of rotatable bonds is 40. The molecule has 0 saturated carbocycles. The number of amides is 6. The predicted octanol–water partition coefficient (Wildman–Crippen LogP) is -1.49. The molecule has 6 amide bonds. The quantitative estimate of drug-likeness (QED) is 0.0198. The average molecular weight is 955 g/mol. The van der Waals surface area contributed by atoms with Crippen LogP contribution in [0.3, 0.4) is 0 Å². The molecule has 0 aliphatic heterocycles. The first kappa shape index (κ1) is 69.4. The zero-order chi connectivity index (χ0) is 48.1. The van der Waals surface area contributed by atoms with Gasteiger partial charge in [0.2, 0.25) is 11.8 Å². The van der Waals surface area contributed by atoms with Crippen molar-refractivity contribution in [2.24, 2.45) is 0 Å². The number of carboxylic acids is 4. The molecule has 0 radical (unpaired) electrons. The minimum Gasteiger partial charge on any atom is -0.550 e. The van der Waals surface area contributed by atoms with Gasteiger partial charge >= 0.3 is 83.1 Å². The number of aliphatic carboxylic acids is 4. The molecule has 0 fully saturated rings. The van der Waals surface area contributed by atoms with E-state index < -0.39 is 60.6 Å². The maximum Gasteiger partial charge on any atom is 1.00 e. The van der Waals surface area contributed by atoms with Crippen LogP contribution in [-0.2, 0) is 28.8 Å². The monoisotopic (exact) mass is 955 g/mol. The molecule has 368 valence electrons. The Kier molecular flexibility index (Phi) is 53.9. The Morgan fingerprint density at radius 2 is 0.788 bits per heavy atom. The molecule has 20 heteroatoms. The fourth-order valence-electron chi connectivity index (χ4n) is 6.00. The Balaban J connectivity index is -0.000000565. The van der Waals surface area contributed by atoms with Gasteiger partial charge in [-0.25, -0.2) is 14.4 Å². The minimum atomic E-state index is -1.63. The van der Waals surface area contributed by atoms with Crippen molar-refractivity contribution in [1.82, 2.24) is 31.9 Å². The smallest absolute Gasteiger partial charge is 0.550 e. The predicted molar refractivity (Wildman–Crippen MR) is 242 cm³/mol. The van der Waals surface area contributed by atoms with Crippen LogP contribution in [0.15, 0.2) is 24.3 Å². The van der Waals surface area contributed by atoms with E-state index in [0.29, 0.717) is 25.9 Å². The number of carbonyl (C=O) groups excluding carboxylic acids is 6. The van der Waals surface area contributed by atoms with Gasteiger partial charge in [-0.2, -0.15) is 0 Å². The van der Waals surface area contributed by atoms with Crippen molar-refractivity contribution in [1.29, 1.82) is 0 Å². The van der Waals surface area contributed by atoms with Crippen LogP contribution in [0, 0.1) is 0 Å².